The van der Waals surface area contributed by atoms with Gasteiger partial charge in [0, 0.05) is 6.07 Å². The maximum Gasteiger partial charge on any atom is 0.124 e. The van der Waals surface area contributed by atoms with Gasteiger partial charge in [0.1, 0.15) is 11.6 Å². The number of hydrogen-bond donors (Lipinski definition) is 2. The van der Waals surface area contributed by atoms with Gasteiger partial charge in [0.25, 0.3) is 0 Å². The van der Waals surface area contributed by atoms with Crippen molar-refractivity contribution in [3.8, 4) is 5.75 Å². The fourth-order valence-corrected chi connectivity index (χ4v) is 1.97. The molecule has 4 nitrogen and oxygen atoms in total. The summed E-state index contributed by atoms with van der Waals surface area (Å²) in [7, 11) is 1.66. The van der Waals surface area contributed by atoms with Gasteiger partial charge in [0.2, 0.25) is 0 Å². The zero-order valence-electron chi connectivity index (χ0n) is 9.23. The molecule has 3 rings (SSSR count). The van der Waals surface area contributed by atoms with E-state index in [1.54, 1.807) is 7.11 Å². The number of nitrogens with zero attached hydrogens (tertiary/aromatic N) is 1. The van der Waals surface area contributed by atoms with Gasteiger partial charge in [-0.15, -0.1) is 0 Å². The summed E-state index contributed by atoms with van der Waals surface area (Å²) in [5, 5.41) is 0. The summed E-state index contributed by atoms with van der Waals surface area (Å²) in [5.41, 5.74) is 8.05. The van der Waals surface area contributed by atoms with E-state index >= 15 is 0 Å². The van der Waals surface area contributed by atoms with Crippen LogP contribution in [0, 0.1) is 5.92 Å². The monoisotopic (exact) mass is 217 g/mol. The molecule has 1 saturated carbocycles. The van der Waals surface area contributed by atoms with Crippen molar-refractivity contribution in [2.24, 2.45) is 11.7 Å². The zero-order valence-corrected chi connectivity index (χ0v) is 9.23. The topological polar surface area (TPSA) is 63.9 Å². The molecule has 0 bridgehead atoms. The number of nitrogens with one attached hydrogen (secondary N) is 1. The molecule has 84 valence electrons. The van der Waals surface area contributed by atoms with E-state index in [0.717, 1.165) is 22.6 Å². The number of benzene rings is 1. The summed E-state index contributed by atoms with van der Waals surface area (Å²) < 4.78 is 5.17. The van der Waals surface area contributed by atoms with E-state index in [2.05, 4.69) is 9.97 Å². The van der Waals surface area contributed by atoms with E-state index in [0.29, 0.717) is 5.92 Å². The number of fused-ring (bicyclic) bond motifs is 1. The first-order valence-corrected chi connectivity index (χ1v) is 5.57. The lowest BCUT2D eigenvalue weighted by Gasteiger charge is -2.04. The van der Waals surface area contributed by atoms with Crippen LogP contribution >= 0.6 is 0 Å². The van der Waals surface area contributed by atoms with Crippen LogP contribution < -0.4 is 10.5 Å². The van der Waals surface area contributed by atoms with E-state index in [9.17, 15) is 0 Å². The Morgan fingerprint density at radius 2 is 2.31 bits per heavy atom. The third-order valence-corrected chi connectivity index (χ3v) is 3.15. The number of methoxy groups -OCH3 is 1. The van der Waals surface area contributed by atoms with E-state index in [1.165, 1.54) is 12.8 Å². The SMILES string of the molecule is COc1ccc2nc(C(N)C3CC3)[nH]c2c1. The summed E-state index contributed by atoms with van der Waals surface area (Å²) in [6.07, 6.45) is 2.45. The van der Waals surface area contributed by atoms with Crippen molar-refractivity contribution in [3.05, 3.63) is 24.0 Å². The van der Waals surface area contributed by atoms with Crippen molar-refractivity contribution in [2.45, 2.75) is 18.9 Å². The summed E-state index contributed by atoms with van der Waals surface area (Å²) in [6.45, 7) is 0. The second-order valence-electron chi connectivity index (χ2n) is 4.37. The van der Waals surface area contributed by atoms with E-state index < -0.39 is 0 Å². The van der Waals surface area contributed by atoms with Gasteiger partial charge in [-0.25, -0.2) is 4.98 Å². The standard InChI is InChI=1S/C12H15N3O/c1-16-8-4-5-9-10(6-8)15-12(14-9)11(13)7-2-3-7/h4-7,11H,2-3,13H2,1H3,(H,14,15). The minimum atomic E-state index is 0.0541. The molecule has 0 amide bonds. The van der Waals surface area contributed by atoms with Crippen molar-refractivity contribution < 1.29 is 4.74 Å². The molecule has 16 heavy (non-hydrogen) atoms. The fourth-order valence-electron chi connectivity index (χ4n) is 1.97. The van der Waals surface area contributed by atoms with Crippen LogP contribution in [0.2, 0.25) is 0 Å². The number of imidazole rings is 1. The Hall–Kier alpha value is -1.55. The lowest BCUT2D eigenvalue weighted by molar-refractivity contribution is 0.415. The van der Waals surface area contributed by atoms with Gasteiger partial charge >= 0.3 is 0 Å². The largest absolute Gasteiger partial charge is 0.497 e. The van der Waals surface area contributed by atoms with Crippen molar-refractivity contribution in [2.75, 3.05) is 7.11 Å². The van der Waals surface area contributed by atoms with Gasteiger partial charge in [-0.1, -0.05) is 0 Å². The van der Waals surface area contributed by atoms with Crippen LogP contribution in [0.3, 0.4) is 0 Å². The molecule has 0 saturated heterocycles. The van der Waals surface area contributed by atoms with Gasteiger partial charge in [0.05, 0.1) is 24.2 Å². The molecule has 1 aliphatic carbocycles. The fraction of sp³-hybridized carbons (Fsp3) is 0.417. The molecule has 3 N–H and O–H groups in total. The number of hydrogen-bond acceptors (Lipinski definition) is 3. The maximum atomic E-state index is 6.11. The van der Waals surface area contributed by atoms with Crippen LogP contribution in [0.1, 0.15) is 24.7 Å². The molecule has 1 aliphatic rings. The molecular weight excluding hydrogens is 202 g/mol. The van der Waals surface area contributed by atoms with Crippen molar-refractivity contribution in [3.63, 3.8) is 0 Å². The Labute approximate surface area is 93.8 Å². The first kappa shape index (κ1) is 9.66. The maximum absolute atomic E-state index is 6.11. The Balaban J connectivity index is 2.01. The predicted octanol–water partition coefficient (Wildman–Crippen LogP) is 1.98. The summed E-state index contributed by atoms with van der Waals surface area (Å²) >= 11 is 0. The van der Waals surface area contributed by atoms with Crippen molar-refractivity contribution in [1.29, 1.82) is 0 Å². The lowest BCUT2D eigenvalue weighted by atomic mass is 10.2. The molecule has 4 heteroatoms. The summed E-state index contributed by atoms with van der Waals surface area (Å²) in [4.78, 5) is 7.79. The third kappa shape index (κ3) is 1.55. The average Bonchev–Trinajstić information content (AvgIpc) is 3.06. The molecule has 1 atom stereocenters. The van der Waals surface area contributed by atoms with Gasteiger partial charge < -0.3 is 15.5 Å². The highest BCUT2D eigenvalue weighted by atomic mass is 16.5. The van der Waals surface area contributed by atoms with Crippen LogP contribution in [0.25, 0.3) is 11.0 Å². The number of ether oxygens (including phenoxy) is 1. The first-order valence-electron chi connectivity index (χ1n) is 5.57. The number of aromatic amines is 1. The molecule has 0 spiro atoms. The highest BCUT2D eigenvalue weighted by Gasteiger charge is 2.31. The van der Waals surface area contributed by atoms with Gasteiger partial charge in [-0.2, -0.15) is 0 Å². The van der Waals surface area contributed by atoms with Gasteiger partial charge in [-0.05, 0) is 30.9 Å². The summed E-state index contributed by atoms with van der Waals surface area (Å²) in [6, 6.07) is 5.87. The average molecular weight is 217 g/mol. The highest BCUT2D eigenvalue weighted by molar-refractivity contribution is 5.76. The predicted molar refractivity (Wildman–Crippen MR) is 62.3 cm³/mol. The third-order valence-electron chi connectivity index (χ3n) is 3.15. The Morgan fingerprint density at radius 3 is 3.00 bits per heavy atom. The van der Waals surface area contributed by atoms with Gasteiger partial charge in [0.15, 0.2) is 0 Å². The van der Waals surface area contributed by atoms with Crippen LogP contribution in [0.4, 0.5) is 0 Å². The highest BCUT2D eigenvalue weighted by Crippen LogP contribution is 2.38. The second kappa shape index (κ2) is 3.49. The number of aromatic nitrogens is 2. The molecule has 0 radical (unpaired) electrons. The van der Waals surface area contributed by atoms with Crippen molar-refractivity contribution in [1.82, 2.24) is 9.97 Å². The van der Waals surface area contributed by atoms with E-state index in [-0.39, 0.29) is 6.04 Å². The second-order valence-corrected chi connectivity index (χ2v) is 4.37. The lowest BCUT2D eigenvalue weighted by Crippen LogP contribution is -2.13. The molecular formula is C12H15N3O. The van der Waals surface area contributed by atoms with Crippen molar-refractivity contribution >= 4 is 11.0 Å². The smallest absolute Gasteiger partial charge is 0.124 e. The summed E-state index contributed by atoms with van der Waals surface area (Å²) in [5.74, 6) is 2.34. The van der Waals surface area contributed by atoms with E-state index in [1.807, 2.05) is 18.2 Å². The van der Waals surface area contributed by atoms with E-state index in [4.69, 9.17) is 10.5 Å². The van der Waals surface area contributed by atoms with Crippen LogP contribution in [0.5, 0.6) is 5.75 Å². The molecule has 1 heterocycles. The Bertz CT molecular complexity index is 516. The normalized spacial score (nSPS) is 17.6. The molecule has 1 aromatic carbocycles. The first-order chi connectivity index (χ1) is 7.78. The number of H-pyrrole nitrogens is 1. The van der Waals surface area contributed by atoms with Crippen LogP contribution in [-0.4, -0.2) is 17.1 Å². The number of nitrogens with two attached hydrogens (primary N) is 1. The van der Waals surface area contributed by atoms with Gasteiger partial charge in [-0.3, -0.25) is 0 Å². The quantitative estimate of drug-likeness (QED) is 0.826. The van der Waals surface area contributed by atoms with Crippen LogP contribution in [0.15, 0.2) is 18.2 Å². The number of rotatable bonds is 3. The molecule has 1 unspecified atom stereocenters. The molecule has 1 aromatic heterocycles. The molecule has 2 aromatic rings. The molecule has 0 aliphatic heterocycles. The molecule has 1 fully saturated rings. The Kier molecular flexibility index (Phi) is 2.11. The zero-order chi connectivity index (χ0) is 11.1. The minimum absolute atomic E-state index is 0.0541. The van der Waals surface area contributed by atoms with Crippen LogP contribution in [-0.2, 0) is 0 Å². The Morgan fingerprint density at radius 1 is 1.50 bits per heavy atom. The minimum Gasteiger partial charge on any atom is -0.497 e.